The molecule has 0 atom stereocenters. The van der Waals surface area contributed by atoms with Gasteiger partial charge in [0.05, 0.1) is 6.61 Å². The molecule has 0 fully saturated rings. The van der Waals surface area contributed by atoms with Crippen LogP contribution in [0.1, 0.15) is 26.3 Å². The van der Waals surface area contributed by atoms with Crippen LogP contribution in [-0.2, 0) is 6.61 Å². The van der Waals surface area contributed by atoms with Gasteiger partial charge in [-0.2, -0.15) is 0 Å². The Morgan fingerprint density at radius 3 is 2.14 bits per heavy atom. The topological polar surface area (TPSA) is 98.7 Å². The first-order valence-corrected chi connectivity index (χ1v) is 6.19. The number of hydrazine groups is 1. The van der Waals surface area contributed by atoms with Crippen molar-refractivity contribution in [1.29, 1.82) is 0 Å². The molecule has 0 saturated heterocycles. The summed E-state index contributed by atoms with van der Waals surface area (Å²) >= 11 is 0. The second-order valence-corrected chi connectivity index (χ2v) is 4.31. The van der Waals surface area contributed by atoms with Crippen molar-refractivity contribution < 1.29 is 19.8 Å². The van der Waals surface area contributed by atoms with E-state index in [4.69, 9.17) is 10.2 Å². The number of carbonyl (C=O) groups is 2. The monoisotopic (exact) mass is 286 g/mol. The van der Waals surface area contributed by atoms with E-state index >= 15 is 0 Å². The minimum absolute atomic E-state index is 0.0522. The van der Waals surface area contributed by atoms with Gasteiger partial charge in [-0.15, -0.1) is 0 Å². The van der Waals surface area contributed by atoms with E-state index in [0.29, 0.717) is 16.7 Å². The number of rotatable bonds is 3. The summed E-state index contributed by atoms with van der Waals surface area (Å²) in [6, 6.07) is 12.0. The summed E-state index contributed by atoms with van der Waals surface area (Å²) in [6.45, 7) is -0.166. The van der Waals surface area contributed by atoms with E-state index < -0.39 is 11.8 Å². The zero-order valence-electron chi connectivity index (χ0n) is 11.0. The van der Waals surface area contributed by atoms with E-state index in [9.17, 15) is 9.59 Å². The lowest BCUT2D eigenvalue weighted by atomic mass is 10.1. The van der Waals surface area contributed by atoms with Gasteiger partial charge in [-0.05, 0) is 42.0 Å². The molecule has 0 aliphatic heterocycles. The first kappa shape index (κ1) is 14.5. The Hall–Kier alpha value is -2.86. The highest BCUT2D eigenvalue weighted by atomic mass is 16.3. The van der Waals surface area contributed by atoms with Crippen molar-refractivity contribution >= 4 is 11.8 Å². The van der Waals surface area contributed by atoms with Crippen LogP contribution in [0.4, 0.5) is 0 Å². The number of benzene rings is 2. The van der Waals surface area contributed by atoms with Crippen LogP contribution in [0.25, 0.3) is 0 Å². The minimum Gasteiger partial charge on any atom is -0.508 e. The van der Waals surface area contributed by atoms with Crippen LogP contribution in [-0.4, -0.2) is 22.0 Å². The van der Waals surface area contributed by atoms with Gasteiger partial charge in [0.25, 0.3) is 11.8 Å². The number of amides is 2. The molecule has 0 aliphatic rings. The second kappa shape index (κ2) is 6.53. The average molecular weight is 286 g/mol. The number of hydrogen-bond acceptors (Lipinski definition) is 4. The van der Waals surface area contributed by atoms with Crippen molar-refractivity contribution in [2.24, 2.45) is 0 Å². The van der Waals surface area contributed by atoms with Crippen LogP contribution < -0.4 is 10.9 Å². The SMILES string of the molecule is O=C(NNC(=O)c1cccc(CO)c1)c1ccc(O)cc1. The number of phenolic OH excluding ortho intramolecular Hbond substituents is 1. The van der Waals surface area contributed by atoms with Crippen LogP contribution in [0.2, 0.25) is 0 Å². The highest BCUT2D eigenvalue weighted by molar-refractivity contribution is 5.99. The molecule has 108 valence electrons. The van der Waals surface area contributed by atoms with Crippen molar-refractivity contribution in [3.8, 4) is 5.75 Å². The molecule has 2 aromatic rings. The predicted octanol–water partition coefficient (Wildman–Crippen LogP) is 0.959. The maximum atomic E-state index is 11.9. The van der Waals surface area contributed by atoms with Gasteiger partial charge in [-0.25, -0.2) is 0 Å². The van der Waals surface area contributed by atoms with Gasteiger partial charge in [0, 0.05) is 11.1 Å². The third-order valence-corrected chi connectivity index (χ3v) is 2.79. The normalized spacial score (nSPS) is 9.95. The quantitative estimate of drug-likeness (QED) is 0.632. The largest absolute Gasteiger partial charge is 0.508 e. The lowest BCUT2D eigenvalue weighted by Gasteiger charge is -2.08. The second-order valence-electron chi connectivity index (χ2n) is 4.31. The molecule has 0 spiro atoms. The Morgan fingerprint density at radius 1 is 0.905 bits per heavy atom. The third kappa shape index (κ3) is 3.80. The molecule has 2 rings (SSSR count). The van der Waals surface area contributed by atoms with Gasteiger partial charge in [-0.1, -0.05) is 12.1 Å². The van der Waals surface area contributed by atoms with Crippen LogP contribution in [0.5, 0.6) is 5.75 Å². The van der Waals surface area contributed by atoms with Gasteiger partial charge >= 0.3 is 0 Å². The van der Waals surface area contributed by atoms with E-state index in [2.05, 4.69) is 10.9 Å². The van der Waals surface area contributed by atoms with E-state index in [-0.39, 0.29) is 12.4 Å². The Bertz CT molecular complexity index is 653. The maximum Gasteiger partial charge on any atom is 0.269 e. The van der Waals surface area contributed by atoms with Crippen LogP contribution >= 0.6 is 0 Å². The molecule has 0 unspecified atom stereocenters. The molecule has 6 heteroatoms. The number of aromatic hydroxyl groups is 1. The third-order valence-electron chi connectivity index (χ3n) is 2.79. The number of carbonyl (C=O) groups excluding carboxylic acids is 2. The molecule has 2 amide bonds. The Kier molecular flexibility index (Phi) is 4.53. The molecule has 4 N–H and O–H groups in total. The van der Waals surface area contributed by atoms with Crippen LogP contribution in [0, 0.1) is 0 Å². The van der Waals surface area contributed by atoms with E-state index in [1.54, 1.807) is 18.2 Å². The lowest BCUT2D eigenvalue weighted by Crippen LogP contribution is -2.41. The number of phenols is 1. The Balaban J connectivity index is 1.97. The minimum atomic E-state index is -0.498. The first-order chi connectivity index (χ1) is 10.1. The summed E-state index contributed by atoms with van der Waals surface area (Å²) in [5, 5.41) is 18.1. The number of aliphatic hydroxyl groups excluding tert-OH is 1. The number of hydrogen-bond donors (Lipinski definition) is 4. The van der Waals surface area contributed by atoms with Gasteiger partial charge < -0.3 is 10.2 Å². The molecule has 0 aliphatic carbocycles. The number of aliphatic hydroxyl groups is 1. The van der Waals surface area contributed by atoms with Crippen molar-refractivity contribution in [1.82, 2.24) is 10.9 Å². The van der Waals surface area contributed by atoms with Gasteiger partial charge in [0.2, 0.25) is 0 Å². The molecule has 6 nitrogen and oxygen atoms in total. The molecule has 0 radical (unpaired) electrons. The zero-order valence-corrected chi connectivity index (χ0v) is 11.0. The molecule has 2 aromatic carbocycles. The fraction of sp³-hybridized carbons (Fsp3) is 0.0667. The van der Waals surface area contributed by atoms with Crippen molar-refractivity contribution in [2.75, 3.05) is 0 Å². The summed E-state index contributed by atoms with van der Waals surface area (Å²) in [5.41, 5.74) is 5.79. The summed E-state index contributed by atoms with van der Waals surface area (Å²) in [5.74, 6) is -0.935. The van der Waals surface area contributed by atoms with E-state index in [1.807, 2.05) is 0 Å². The molecule has 21 heavy (non-hydrogen) atoms. The van der Waals surface area contributed by atoms with Crippen molar-refractivity contribution in [3.63, 3.8) is 0 Å². The summed E-state index contributed by atoms with van der Waals surface area (Å²) in [6.07, 6.45) is 0. The molecular formula is C15H14N2O4. The molecule has 0 heterocycles. The van der Waals surface area contributed by atoms with E-state index in [1.165, 1.54) is 30.3 Å². The smallest absolute Gasteiger partial charge is 0.269 e. The molecule has 0 aromatic heterocycles. The predicted molar refractivity (Wildman–Crippen MR) is 75.4 cm³/mol. The van der Waals surface area contributed by atoms with Crippen molar-refractivity contribution in [2.45, 2.75) is 6.61 Å². The highest BCUT2D eigenvalue weighted by Gasteiger charge is 2.09. The average Bonchev–Trinajstić information content (AvgIpc) is 2.53. The number of nitrogens with one attached hydrogen (secondary N) is 2. The summed E-state index contributed by atoms with van der Waals surface area (Å²) in [4.78, 5) is 23.6. The summed E-state index contributed by atoms with van der Waals surface area (Å²) < 4.78 is 0. The molecule has 0 bridgehead atoms. The summed E-state index contributed by atoms with van der Waals surface area (Å²) in [7, 11) is 0. The van der Waals surface area contributed by atoms with Gasteiger partial charge in [0.15, 0.2) is 0 Å². The fourth-order valence-electron chi connectivity index (χ4n) is 1.68. The Morgan fingerprint density at radius 2 is 1.52 bits per heavy atom. The molecular weight excluding hydrogens is 272 g/mol. The van der Waals surface area contributed by atoms with Gasteiger partial charge in [-0.3, -0.25) is 20.4 Å². The zero-order chi connectivity index (χ0) is 15.2. The van der Waals surface area contributed by atoms with Crippen LogP contribution in [0.3, 0.4) is 0 Å². The Labute approximate surface area is 121 Å². The van der Waals surface area contributed by atoms with Crippen LogP contribution in [0.15, 0.2) is 48.5 Å². The van der Waals surface area contributed by atoms with Crippen molar-refractivity contribution in [3.05, 3.63) is 65.2 Å². The molecule has 0 saturated carbocycles. The standard InChI is InChI=1S/C15H14N2O4/c18-9-10-2-1-3-12(8-10)15(21)17-16-14(20)11-4-6-13(19)7-5-11/h1-8,18-19H,9H2,(H,16,20)(H,17,21). The first-order valence-electron chi connectivity index (χ1n) is 6.19. The highest BCUT2D eigenvalue weighted by Crippen LogP contribution is 2.09. The maximum absolute atomic E-state index is 11.9. The fourth-order valence-corrected chi connectivity index (χ4v) is 1.68. The van der Waals surface area contributed by atoms with E-state index in [0.717, 1.165) is 0 Å². The lowest BCUT2D eigenvalue weighted by molar-refractivity contribution is 0.0846. The van der Waals surface area contributed by atoms with Gasteiger partial charge in [0.1, 0.15) is 5.75 Å².